The molecule has 0 aromatic heterocycles. The molecule has 118 valence electrons. The maximum absolute atomic E-state index is 12.2. The fourth-order valence-electron chi connectivity index (χ4n) is 2.54. The zero-order valence-corrected chi connectivity index (χ0v) is 14.2. The summed E-state index contributed by atoms with van der Waals surface area (Å²) in [6.45, 7) is 1.35. The minimum atomic E-state index is -0.0348. The van der Waals surface area contributed by atoms with Gasteiger partial charge in [0.2, 0.25) is 0 Å². The molecule has 0 aliphatic carbocycles. The standard InChI is InChI=1S/C18H17BrN2O2/c19-17-7-5-14(6-8-17)11-20-23-13-18(22)21-10-9-15-3-1-2-4-16(15)12-21/h1-8,11H,9-10,12-13H2/b20-11-. The first-order valence-electron chi connectivity index (χ1n) is 7.48. The van der Waals surface area contributed by atoms with E-state index >= 15 is 0 Å². The van der Waals surface area contributed by atoms with Crippen LogP contribution in [0.3, 0.4) is 0 Å². The average Bonchev–Trinajstić information content (AvgIpc) is 2.59. The third-order valence-electron chi connectivity index (χ3n) is 3.82. The van der Waals surface area contributed by atoms with Crippen molar-refractivity contribution in [2.45, 2.75) is 13.0 Å². The number of halogens is 1. The van der Waals surface area contributed by atoms with Crippen molar-refractivity contribution in [3.63, 3.8) is 0 Å². The molecular weight excluding hydrogens is 356 g/mol. The number of carbonyl (C=O) groups excluding carboxylic acids is 1. The maximum atomic E-state index is 12.2. The predicted molar refractivity (Wildman–Crippen MR) is 93.3 cm³/mol. The fourth-order valence-corrected chi connectivity index (χ4v) is 2.80. The normalized spacial score (nSPS) is 13.9. The Morgan fingerprint density at radius 2 is 1.91 bits per heavy atom. The summed E-state index contributed by atoms with van der Waals surface area (Å²) in [6, 6.07) is 15.9. The van der Waals surface area contributed by atoms with Crippen LogP contribution in [0.4, 0.5) is 0 Å². The molecule has 0 bridgehead atoms. The molecule has 1 heterocycles. The zero-order chi connectivity index (χ0) is 16.1. The Hall–Kier alpha value is -2.14. The van der Waals surface area contributed by atoms with Crippen LogP contribution in [0.25, 0.3) is 0 Å². The molecule has 2 aromatic rings. The Balaban J connectivity index is 1.49. The highest BCUT2D eigenvalue weighted by Crippen LogP contribution is 2.18. The molecule has 0 N–H and O–H groups in total. The number of hydrogen-bond acceptors (Lipinski definition) is 3. The van der Waals surface area contributed by atoms with Gasteiger partial charge >= 0.3 is 0 Å². The van der Waals surface area contributed by atoms with Crippen molar-refractivity contribution in [2.75, 3.05) is 13.2 Å². The summed E-state index contributed by atoms with van der Waals surface area (Å²) in [6.07, 6.45) is 2.50. The van der Waals surface area contributed by atoms with Crippen LogP contribution < -0.4 is 0 Å². The van der Waals surface area contributed by atoms with Gasteiger partial charge < -0.3 is 9.74 Å². The van der Waals surface area contributed by atoms with Crippen molar-refractivity contribution < 1.29 is 9.63 Å². The van der Waals surface area contributed by atoms with E-state index in [1.165, 1.54) is 11.1 Å². The molecule has 2 aromatic carbocycles. The Morgan fingerprint density at radius 3 is 2.70 bits per heavy atom. The van der Waals surface area contributed by atoms with Crippen LogP contribution in [0.5, 0.6) is 0 Å². The van der Waals surface area contributed by atoms with Gasteiger partial charge in [-0.3, -0.25) is 4.79 Å². The average molecular weight is 373 g/mol. The van der Waals surface area contributed by atoms with Crippen LogP contribution in [0, 0.1) is 0 Å². The third-order valence-corrected chi connectivity index (χ3v) is 4.35. The molecule has 0 radical (unpaired) electrons. The van der Waals surface area contributed by atoms with E-state index in [1.807, 2.05) is 41.3 Å². The Kier molecular flexibility index (Phi) is 5.08. The molecule has 0 fully saturated rings. The van der Waals surface area contributed by atoms with E-state index in [1.54, 1.807) is 6.21 Å². The van der Waals surface area contributed by atoms with Crippen molar-refractivity contribution in [3.8, 4) is 0 Å². The van der Waals surface area contributed by atoms with Crippen LogP contribution >= 0.6 is 15.9 Å². The predicted octanol–water partition coefficient (Wildman–Crippen LogP) is 3.38. The quantitative estimate of drug-likeness (QED) is 0.609. The summed E-state index contributed by atoms with van der Waals surface area (Å²) in [5.41, 5.74) is 3.46. The Morgan fingerprint density at radius 1 is 1.17 bits per heavy atom. The van der Waals surface area contributed by atoms with E-state index in [0.717, 1.165) is 23.0 Å². The lowest BCUT2D eigenvalue weighted by Crippen LogP contribution is -2.37. The molecule has 1 amide bonds. The smallest absolute Gasteiger partial charge is 0.263 e. The van der Waals surface area contributed by atoms with Crippen LogP contribution in [0.15, 0.2) is 58.2 Å². The van der Waals surface area contributed by atoms with Gasteiger partial charge in [0.25, 0.3) is 5.91 Å². The Bertz CT molecular complexity index is 713. The lowest BCUT2D eigenvalue weighted by molar-refractivity contribution is -0.137. The number of fused-ring (bicyclic) bond motifs is 1. The molecule has 4 nitrogen and oxygen atoms in total. The van der Waals surface area contributed by atoms with Crippen LogP contribution in [-0.4, -0.2) is 30.2 Å². The molecule has 23 heavy (non-hydrogen) atoms. The zero-order valence-electron chi connectivity index (χ0n) is 12.6. The second kappa shape index (κ2) is 7.42. The summed E-state index contributed by atoms with van der Waals surface area (Å²) < 4.78 is 1.01. The summed E-state index contributed by atoms with van der Waals surface area (Å²) in [7, 11) is 0. The largest absolute Gasteiger partial charge is 0.386 e. The minimum Gasteiger partial charge on any atom is -0.386 e. The van der Waals surface area contributed by atoms with Crippen molar-refractivity contribution in [2.24, 2.45) is 5.16 Å². The molecule has 1 aliphatic rings. The molecule has 0 saturated carbocycles. The molecule has 1 aliphatic heterocycles. The highest BCUT2D eigenvalue weighted by atomic mass is 79.9. The van der Waals surface area contributed by atoms with Crippen molar-refractivity contribution in [3.05, 3.63) is 69.7 Å². The molecular formula is C18H17BrN2O2. The summed E-state index contributed by atoms with van der Waals surface area (Å²) in [5.74, 6) is -0.0348. The van der Waals surface area contributed by atoms with Gasteiger partial charge in [-0.15, -0.1) is 0 Å². The van der Waals surface area contributed by atoms with Crippen molar-refractivity contribution >= 4 is 28.1 Å². The highest BCUT2D eigenvalue weighted by molar-refractivity contribution is 9.10. The summed E-state index contributed by atoms with van der Waals surface area (Å²) >= 11 is 3.38. The SMILES string of the molecule is O=C(CO/N=C\c1ccc(Br)cc1)N1CCc2ccccc2C1. The molecule has 3 rings (SSSR count). The van der Waals surface area contributed by atoms with Gasteiger partial charge in [0, 0.05) is 17.6 Å². The van der Waals surface area contributed by atoms with E-state index in [-0.39, 0.29) is 12.5 Å². The van der Waals surface area contributed by atoms with Gasteiger partial charge in [-0.25, -0.2) is 0 Å². The summed E-state index contributed by atoms with van der Waals surface area (Å²) in [4.78, 5) is 19.1. The molecule has 0 saturated heterocycles. The second-order valence-electron chi connectivity index (χ2n) is 5.39. The number of nitrogens with zero attached hydrogens (tertiary/aromatic N) is 2. The van der Waals surface area contributed by atoms with Gasteiger partial charge in [-0.1, -0.05) is 57.5 Å². The van der Waals surface area contributed by atoms with Crippen LogP contribution in [-0.2, 0) is 22.6 Å². The number of amides is 1. The summed E-state index contributed by atoms with van der Waals surface area (Å²) in [5, 5.41) is 3.86. The van der Waals surface area contributed by atoms with Gasteiger partial charge in [-0.05, 0) is 35.2 Å². The minimum absolute atomic E-state index is 0.0325. The van der Waals surface area contributed by atoms with E-state index in [4.69, 9.17) is 4.84 Å². The third kappa shape index (κ3) is 4.20. The first kappa shape index (κ1) is 15.7. The molecule has 0 spiro atoms. The number of hydrogen-bond donors (Lipinski definition) is 0. The molecule has 5 heteroatoms. The van der Waals surface area contributed by atoms with E-state index in [9.17, 15) is 4.79 Å². The number of benzene rings is 2. The van der Waals surface area contributed by atoms with Crippen molar-refractivity contribution in [1.82, 2.24) is 4.90 Å². The topological polar surface area (TPSA) is 41.9 Å². The van der Waals surface area contributed by atoms with Gasteiger partial charge in [0.15, 0.2) is 6.61 Å². The van der Waals surface area contributed by atoms with E-state index in [2.05, 4.69) is 33.2 Å². The second-order valence-corrected chi connectivity index (χ2v) is 6.31. The van der Waals surface area contributed by atoms with Gasteiger partial charge in [0.05, 0.1) is 6.21 Å². The first-order valence-corrected chi connectivity index (χ1v) is 8.27. The highest BCUT2D eigenvalue weighted by Gasteiger charge is 2.20. The lowest BCUT2D eigenvalue weighted by atomic mass is 10.00. The number of carbonyl (C=O) groups is 1. The molecule has 0 atom stereocenters. The van der Waals surface area contributed by atoms with E-state index < -0.39 is 0 Å². The fraction of sp³-hybridized carbons (Fsp3) is 0.222. The van der Waals surface area contributed by atoms with Gasteiger partial charge in [0.1, 0.15) is 0 Å². The lowest BCUT2D eigenvalue weighted by Gasteiger charge is -2.28. The maximum Gasteiger partial charge on any atom is 0.263 e. The first-order chi connectivity index (χ1) is 11.2. The number of rotatable bonds is 4. The monoisotopic (exact) mass is 372 g/mol. The Labute approximate surface area is 143 Å². The number of oxime groups is 1. The van der Waals surface area contributed by atoms with Crippen LogP contribution in [0.2, 0.25) is 0 Å². The van der Waals surface area contributed by atoms with Crippen molar-refractivity contribution in [1.29, 1.82) is 0 Å². The van der Waals surface area contributed by atoms with Gasteiger partial charge in [-0.2, -0.15) is 0 Å². The van der Waals surface area contributed by atoms with Crippen LogP contribution in [0.1, 0.15) is 16.7 Å². The molecule has 0 unspecified atom stereocenters. The van der Waals surface area contributed by atoms with E-state index in [0.29, 0.717) is 6.54 Å².